The summed E-state index contributed by atoms with van der Waals surface area (Å²) in [6, 6.07) is 10.4. The van der Waals surface area contributed by atoms with Crippen LogP contribution in [0.5, 0.6) is 5.75 Å². The molecule has 0 saturated heterocycles. The van der Waals surface area contributed by atoms with Crippen molar-refractivity contribution in [1.29, 1.82) is 0 Å². The summed E-state index contributed by atoms with van der Waals surface area (Å²) in [4.78, 5) is 12.4. The zero-order valence-corrected chi connectivity index (χ0v) is 12.7. The lowest BCUT2D eigenvalue weighted by Crippen LogP contribution is -2.15. The molecule has 5 heteroatoms. The van der Waals surface area contributed by atoms with Gasteiger partial charge in [0.1, 0.15) is 0 Å². The van der Waals surface area contributed by atoms with E-state index in [2.05, 4.69) is 5.32 Å². The summed E-state index contributed by atoms with van der Waals surface area (Å²) < 4.78 is 5.47. The second-order valence-corrected chi connectivity index (χ2v) is 5.01. The first-order chi connectivity index (χ1) is 10.0. The molecular weight excluding hydrogens is 288 g/mol. The lowest BCUT2D eigenvalue weighted by molar-refractivity contribution is 0.102. The van der Waals surface area contributed by atoms with Crippen molar-refractivity contribution in [3.05, 3.63) is 52.5 Å². The first-order valence-corrected chi connectivity index (χ1v) is 6.99. The lowest BCUT2D eigenvalue weighted by Gasteiger charge is -2.13. The van der Waals surface area contributed by atoms with E-state index in [-0.39, 0.29) is 5.91 Å². The summed E-state index contributed by atoms with van der Waals surface area (Å²) in [5.41, 5.74) is 8.31. The molecule has 0 radical (unpaired) electrons. The maximum atomic E-state index is 12.4. The fourth-order valence-corrected chi connectivity index (χ4v) is 2.22. The fraction of sp³-hybridized carbons (Fsp3) is 0.188. The maximum absolute atomic E-state index is 12.4. The van der Waals surface area contributed by atoms with Crippen molar-refractivity contribution in [2.75, 3.05) is 17.7 Å². The van der Waals surface area contributed by atoms with Crippen molar-refractivity contribution in [2.24, 2.45) is 0 Å². The van der Waals surface area contributed by atoms with Gasteiger partial charge in [-0.3, -0.25) is 4.79 Å². The number of nitrogens with one attached hydrogen (secondary N) is 1. The first kappa shape index (κ1) is 15.2. The molecule has 0 bridgehead atoms. The number of hydrogen-bond donors (Lipinski definition) is 2. The Kier molecular flexibility index (Phi) is 4.70. The van der Waals surface area contributed by atoms with Crippen LogP contribution in [0.2, 0.25) is 5.02 Å². The third kappa shape index (κ3) is 3.47. The molecule has 0 aliphatic rings. The van der Waals surface area contributed by atoms with Crippen molar-refractivity contribution in [2.45, 2.75) is 13.8 Å². The van der Waals surface area contributed by atoms with E-state index in [4.69, 9.17) is 22.1 Å². The van der Waals surface area contributed by atoms with Crippen LogP contribution in [0.15, 0.2) is 36.4 Å². The smallest absolute Gasteiger partial charge is 0.259 e. The Morgan fingerprint density at radius 1 is 1.33 bits per heavy atom. The van der Waals surface area contributed by atoms with Crippen molar-refractivity contribution in [3.8, 4) is 5.75 Å². The number of nitrogen functional groups attached to an aromatic ring is 1. The van der Waals surface area contributed by atoms with Crippen LogP contribution in [0.3, 0.4) is 0 Å². The largest absolute Gasteiger partial charge is 0.491 e. The molecule has 2 rings (SSSR count). The van der Waals surface area contributed by atoms with E-state index >= 15 is 0 Å². The molecule has 4 nitrogen and oxygen atoms in total. The Labute approximate surface area is 128 Å². The number of carbonyl (C=O) groups excluding carboxylic acids is 1. The lowest BCUT2D eigenvalue weighted by atomic mass is 10.1. The minimum Gasteiger partial charge on any atom is -0.491 e. The number of anilines is 2. The summed E-state index contributed by atoms with van der Waals surface area (Å²) in [6.07, 6.45) is 0. The number of nitrogens with two attached hydrogens (primary N) is 1. The highest BCUT2D eigenvalue weighted by Crippen LogP contribution is 2.28. The molecule has 110 valence electrons. The number of ether oxygens (including phenoxy) is 1. The van der Waals surface area contributed by atoms with Gasteiger partial charge in [0.05, 0.1) is 17.9 Å². The summed E-state index contributed by atoms with van der Waals surface area (Å²) in [6.45, 7) is 4.16. The molecule has 2 aromatic rings. The number of halogens is 1. The van der Waals surface area contributed by atoms with E-state index < -0.39 is 0 Å². The van der Waals surface area contributed by atoms with Crippen LogP contribution in [0, 0.1) is 6.92 Å². The van der Waals surface area contributed by atoms with Gasteiger partial charge in [-0.1, -0.05) is 17.7 Å². The molecule has 0 fully saturated rings. The molecular formula is C16H17ClN2O2. The summed E-state index contributed by atoms with van der Waals surface area (Å²) in [7, 11) is 0. The number of benzene rings is 2. The van der Waals surface area contributed by atoms with Crippen LogP contribution < -0.4 is 15.8 Å². The van der Waals surface area contributed by atoms with Crippen LogP contribution in [0.4, 0.5) is 11.4 Å². The summed E-state index contributed by atoms with van der Waals surface area (Å²) >= 11 is 5.91. The number of hydrogen-bond acceptors (Lipinski definition) is 3. The predicted octanol–water partition coefficient (Wildman–Crippen LogP) is 3.88. The van der Waals surface area contributed by atoms with Gasteiger partial charge in [-0.05, 0) is 49.7 Å². The second-order valence-electron chi connectivity index (χ2n) is 4.57. The maximum Gasteiger partial charge on any atom is 0.259 e. The minimum atomic E-state index is -0.267. The molecule has 0 heterocycles. The van der Waals surface area contributed by atoms with E-state index in [0.29, 0.717) is 34.3 Å². The Morgan fingerprint density at radius 2 is 2.10 bits per heavy atom. The number of aryl methyl sites for hydroxylation is 1. The summed E-state index contributed by atoms with van der Waals surface area (Å²) in [5.74, 6) is 0.139. The number of para-hydroxylation sites is 1. The Hall–Kier alpha value is -2.20. The van der Waals surface area contributed by atoms with Crippen LogP contribution in [-0.4, -0.2) is 12.5 Å². The molecule has 0 aliphatic carbocycles. The van der Waals surface area contributed by atoms with Crippen LogP contribution in [0.25, 0.3) is 0 Å². The van der Waals surface area contributed by atoms with Gasteiger partial charge in [0.15, 0.2) is 5.75 Å². The van der Waals surface area contributed by atoms with Gasteiger partial charge in [-0.15, -0.1) is 0 Å². The minimum absolute atomic E-state index is 0.267. The normalized spacial score (nSPS) is 10.2. The van der Waals surface area contributed by atoms with Crippen LogP contribution in [0.1, 0.15) is 22.8 Å². The zero-order valence-electron chi connectivity index (χ0n) is 11.9. The number of amides is 1. The van der Waals surface area contributed by atoms with Crippen molar-refractivity contribution < 1.29 is 9.53 Å². The van der Waals surface area contributed by atoms with Gasteiger partial charge in [0, 0.05) is 10.7 Å². The highest BCUT2D eigenvalue weighted by Gasteiger charge is 2.15. The highest BCUT2D eigenvalue weighted by molar-refractivity contribution is 6.30. The Balaban J connectivity index is 2.30. The zero-order chi connectivity index (χ0) is 15.4. The first-order valence-electron chi connectivity index (χ1n) is 6.61. The summed E-state index contributed by atoms with van der Waals surface area (Å²) in [5, 5.41) is 3.48. The van der Waals surface area contributed by atoms with E-state index in [1.54, 1.807) is 36.4 Å². The van der Waals surface area contributed by atoms with Crippen LogP contribution in [-0.2, 0) is 0 Å². The predicted molar refractivity (Wildman–Crippen MR) is 86.2 cm³/mol. The van der Waals surface area contributed by atoms with Gasteiger partial charge >= 0.3 is 0 Å². The quantitative estimate of drug-likeness (QED) is 0.842. The SMILES string of the molecule is CCOc1c(N)cccc1C(=O)Nc1ccc(Cl)cc1C. The second kappa shape index (κ2) is 6.50. The average Bonchev–Trinajstić information content (AvgIpc) is 2.44. The van der Waals surface area contributed by atoms with E-state index in [9.17, 15) is 4.79 Å². The number of carbonyl (C=O) groups is 1. The molecule has 2 aromatic carbocycles. The molecule has 3 N–H and O–H groups in total. The van der Waals surface area contributed by atoms with Gasteiger partial charge in [-0.2, -0.15) is 0 Å². The highest BCUT2D eigenvalue weighted by atomic mass is 35.5. The fourth-order valence-electron chi connectivity index (χ4n) is 2.00. The van der Waals surface area contributed by atoms with Gasteiger partial charge in [-0.25, -0.2) is 0 Å². The molecule has 1 amide bonds. The van der Waals surface area contributed by atoms with E-state index in [1.165, 1.54) is 0 Å². The third-order valence-corrected chi connectivity index (χ3v) is 3.25. The van der Waals surface area contributed by atoms with E-state index in [1.807, 2.05) is 13.8 Å². The molecule has 0 spiro atoms. The van der Waals surface area contributed by atoms with Gasteiger partial charge in [0.25, 0.3) is 5.91 Å². The van der Waals surface area contributed by atoms with E-state index in [0.717, 1.165) is 5.56 Å². The Bertz CT molecular complexity index is 671. The Morgan fingerprint density at radius 3 is 2.76 bits per heavy atom. The van der Waals surface area contributed by atoms with Crippen molar-refractivity contribution >= 4 is 28.9 Å². The molecule has 0 saturated carbocycles. The third-order valence-electron chi connectivity index (χ3n) is 3.02. The number of rotatable bonds is 4. The van der Waals surface area contributed by atoms with Gasteiger partial charge in [0.2, 0.25) is 0 Å². The average molecular weight is 305 g/mol. The molecule has 0 atom stereocenters. The molecule has 0 unspecified atom stereocenters. The van der Waals surface area contributed by atoms with Crippen molar-refractivity contribution in [3.63, 3.8) is 0 Å². The standard InChI is InChI=1S/C16H17ClN2O2/c1-3-21-15-12(5-4-6-13(15)18)16(20)19-14-8-7-11(17)9-10(14)2/h4-9H,3,18H2,1-2H3,(H,19,20). The molecule has 21 heavy (non-hydrogen) atoms. The van der Waals surface area contributed by atoms with Gasteiger partial charge < -0.3 is 15.8 Å². The molecule has 0 aromatic heterocycles. The topological polar surface area (TPSA) is 64.3 Å². The molecule has 0 aliphatic heterocycles. The van der Waals surface area contributed by atoms with Crippen molar-refractivity contribution in [1.82, 2.24) is 0 Å². The van der Waals surface area contributed by atoms with Crippen LogP contribution >= 0.6 is 11.6 Å². The monoisotopic (exact) mass is 304 g/mol.